The minimum atomic E-state index is -0.820. The van der Waals surface area contributed by atoms with Gasteiger partial charge in [-0.3, -0.25) is 4.79 Å². The number of ether oxygens (including phenoxy) is 1. The number of esters is 1. The molecule has 0 bridgehead atoms. The Balaban J connectivity index is 2.45. The van der Waals surface area contributed by atoms with E-state index in [1.807, 2.05) is 54.6 Å². The third-order valence-electron chi connectivity index (χ3n) is 3.11. The summed E-state index contributed by atoms with van der Waals surface area (Å²) >= 11 is 3.58. The zero-order valence-corrected chi connectivity index (χ0v) is 12.0. The monoisotopic (exact) mass is 318 g/mol. The van der Waals surface area contributed by atoms with Gasteiger partial charge < -0.3 is 4.74 Å². The van der Waals surface area contributed by atoms with E-state index in [9.17, 15) is 4.79 Å². The summed E-state index contributed by atoms with van der Waals surface area (Å²) in [5.74, 6) is -0.277. The molecule has 0 spiro atoms. The van der Waals surface area contributed by atoms with E-state index in [1.54, 1.807) is 6.08 Å². The summed E-state index contributed by atoms with van der Waals surface area (Å²) in [6, 6.07) is 9.64. The first-order valence-electron chi connectivity index (χ1n) is 6.05. The number of benzene rings is 1. The first-order valence-corrected chi connectivity index (χ1v) is 6.97. The van der Waals surface area contributed by atoms with Gasteiger partial charge in [-0.05, 0) is 5.56 Å². The molecule has 0 fully saturated rings. The molecular weight excluding hydrogens is 304 g/mol. The van der Waals surface area contributed by atoms with Crippen molar-refractivity contribution in [3.05, 3.63) is 72.9 Å². The van der Waals surface area contributed by atoms with E-state index in [4.69, 9.17) is 4.74 Å². The van der Waals surface area contributed by atoms with Gasteiger partial charge in [0.2, 0.25) is 0 Å². The number of carbonyl (C=O) groups excluding carboxylic acids is 1. The number of halogens is 1. The SMILES string of the molecule is C=CCOC(=O)C1(c2ccccc2)C=CC=CC1Br. The zero-order chi connectivity index (χ0) is 13.7. The molecule has 3 heteroatoms. The normalized spacial score (nSPS) is 25.0. The number of hydrogen-bond donors (Lipinski definition) is 0. The molecule has 2 rings (SSSR count). The molecule has 0 heterocycles. The first-order chi connectivity index (χ1) is 9.21. The Morgan fingerprint density at radius 3 is 2.74 bits per heavy atom. The van der Waals surface area contributed by atoms with Crippen LogP contribution in [0.25, 0.3) is 0 Å². The summed E-state index contributed by atoms with van der Waals surface area (Å²) in [5.41, 5.74) is 0.0884. The van der Waals surface area contributed by atoms with Gasteiger partial charge in [0.25, 0.3) is 0 Å². The molecule has 0 saturated carbocycles. The lowest BCUT2D eigenvalue weighted by Crippen LogP contribution is -2.43. The van der Waals surface area contributed by atoms with Crippen LogP contribution in [0.2, 0.25) is 0 Å². The quantitative estimate of drug-likeness (QED) is 0.482. The van der Waals surface area contributed by atoms with Crippen molar-refractivity contribution < 1.29 is 9.53 Å². The van der Waals surface area contributed by atoms with Crippen LogP contribution >= 0.6 is 15.9 Å². The van der Waals surface area contributed by atoms with Gasteiger partial charge in [0.1, 0.15) is 12.0 Å². The molecule has 0 saturated heterocycles. The number of hydrogen-bond acceptors (Lipinski definition) is 2. The minimum Gasteiger partial charge on any atom is -0.461 e. The fourth-order valence-electron chi connectivity index (χ4n) is 2.13. The smallest absolute Gasteiger partial charge is 0.322 e. The topological polar surface area (TPSA) is 26.3 Å². The maximum absolute atomic E-state index is 12.5. The van der Waals surface area contributed by atoms with E-state index >= 15 is 0 Å². The molecule has 1 aromatic rings. The van der Waals surface area contributed by atoms with Gasteiger partial charge in [0, 0.05) is 0 Å². The van der Waals surface area contributed by atoms with E-state index in [2.05, 4.69) is 22.5 Å². The van der Waals surface area contributed by atoms with E-state index in [1.165, 1.54) is 0 Å². The Morgan fingerprint density at radius 1 is 1.37 bits per heavy atom. The zero-order valence-electron chi connectivity index (χ0n) is 10.5. The van der Waals surface area contributed by atoms with Crippen LogP contribution in [0, 0.1) is 0 Å². The molecule has 0 N–H and O–H groups in total. The van der Waals surface area contributed by atoms with Crippen LogP contribution in [-0.4, -0.2) is 17.4 Å². The van der Waals surface area contributed by atoms with Crippen molar-refractivity contribution in [2.75, 3.05) is 6.61 Å². The second kappa shape index (κ2) is 6.02. The molecule has 2 atom stereocenters. The Kier molecular flexibility index (Phi) is 4.38. The Bertz CT molecular complexity index is 519. The van der Waals surface area contributed by atoms with Gasteiger partial charge in [-0.15, -0.1) is 0 Å². The summed E-state index contributed by atoms with van der Waals surface area (Å²) in [4.78, 5) is 12.4. The van der Waals surface area contributed by atoms with Crippen molar-refractivity contribution in [3.8, 4) is 0 Å². The molecule has 0 radical (unpaired) electrons. The van der Waals surface area contributed by atoms with Crippen LogP contribution < -0.4 is 0 Å². The second-order valence-corrected chi connectivity index (χ2v) is 5.25. The molecule has 0 aromatic heterocycles. The molecule has 0 aliphatic heterocycles. The summed E-state index contributed by atoms with van der Waals surface area (Å²) in [6.45, 7) is 3.78. The van der Waals surface area contributed by atoms with Gasteiger partial charge >= 0.3 is 5.97 Å². The standard InChI is InChI=1S/C16H15BrO2/c1-2-12-19-15(18)16(11-7-6-10-14(16)17)13-8-4-3-5-9-13/h2-11,14H,1,12H2. The second-order valence-electron chi connectivity index (χ2n) is 4.27. The fourth-order valence-corrected chi connectivity index (χ4v) is 2.91. The predicted octanol–water partition coefficient (Wildman–Crippen LogP) is 3.54. The maximum Gasteiger partial charge on any atom is 0.322 e. The van der Waals surface area contributed by atoms with Crippen LogP contribution in [-0.2, 0) is 14.9 Å². The van der Waals surface area contributed by atoms with Gasteiger partial charge in [-0.1, -0.05) is 83.2 Å². The van der Waals surface area contributed by atoms with Gasteiger partial charge in [0.05, 0.1) is 4.83 Å². The summed E-state index contributed by atoms with van der Waals surface area (Å²) in [5, 5.41) is 0. The largest absolute Gasteiger partial charge is 0.461 e. The Labute approximate surface area is 121 Å². The molecule has 1 aliphatic carbocycles. The highest BCUT2D eigenvalue weighted by atomic mass is 79.9. The maximum atomic E-state index is 12.5. The van der Waals surface area contributed by atoms with Crippen LogP contribution in [0.4, 0.5) is 0 Å². The predicted molar refractivity (Wildman–Crippen MR) is 80.3 cm³/mol. The van der Waals surface area contributed by atoms with Crippen molar-refractivity contribution in [2.45, 2.75) is 10.2 Å². The number of rotatable bonds is 4. The molecule has 19 heavy (non-hydrogen) atoms. The highest BCUT2D eigenvalue weighted by molar-refractivity contribution is 9.09. The Morgan fingerprint density at radius 2 is 2.11 bits per heavy atom. The summed E-state index contributed by atoms with van der Waals surface area (Å²) in [6.07, 6.45) is 9.19. The molecule has 0 amide bonds. The van der Waals surface area contributed by atoms with E-state index < -0.39 is 5.41 Å². The third-order valence-corrected chi connectivity index (χ3v) is 4.13. The lowest BCUT2D eigenvalue weighted by Gasteiger charge is -2.33. The fraction of sp³-hybridized carbons (Fsp3) is 0.188. The van der Waals surface area contributed by atoms with Crippen LogP contribution in [0.15, 0.2) is 67.3 Å². The van der Waals surface area contributed by atoms with Gasteiger partial charge in [-0.2, -0.15) is 0 Å². The average molecular weight is 319 g/mol. The molecular formula is C16H15BrO2. The van der Waals surface area contributed by atoms with Crippen molar-refractivity contribution in [1.82, 2.24) is 0 Å². The van der Waals surface area contributed by atoms with Crippen LogP contribution in [0.5, 0.6) is 0 Å². The molecule has 1 aromatic carbocycles. The molecule has 2 nitrogen and oxygen atoms in total. The average Bonchev–Trinajstić information content (AvgIpc) is 2.46. The lowest BCUT2D eigenvalue weighted by molar-refractivity contribution is -0.147. The van der Waals surface area contributed by atoms with Crippen molar-refractivity contribution in [2.24, 2.45) is 0 Å². The third kappa shape index (κ3) is 2.56. The van der Waals surface area contributed by atoms with Crippen molar-refractivity contribution >= 4 is 21.9 Å². The Hall–Kier alpha value is -1.61. The minimum absolute atomic E-state index is 0.135. The number of alkyl halides is 1. The van der Waals surface area contributed by atoms with Gasteiger partial charge in [0.15, 0.2) is 0 Å². The lowest BCUT2D eigenvalue weighted by atomic mass is 9.75. The van der Waals surface area contributed by atoms with Gasteiger partial charge in [-0.25, -0.2) is 0 Å². The summed E-state index contributed by atoms with van der Waals surface area (Å²) < 4.78 is 5.29. The molecule has 98 valence electrons. The molecule has 2 unspecified atom stereocenters. The number of carbonyl (C=O) groups is 1. The number of allylic oxidation sites excluding steroid dienone is 3. The van der Waals surface area contributed by atoms with Crippen LogP contribution in [0.1, 0.15) is 5.56 Å². The van der Waals surface area contributed by atoms with E-state index in [0.717, 1.165) is 5.56 Å². The first kappa shape index (κ1) is 13.8. The molecule has 1 aliphatic rings. The highest BCUT2D eigenvalue weighted by Gasteiger charge is 2.45. The van der Waals surface area contributed by atoms with Crippen molar-refractivity contribution in [3.63, 3.8) is 0 Å². The van der Waals surface area contributed by atoms with Crippen LogP contribution in [0.3, 0.4) is 0 Å². The summed E-state index contributed by atoms with van der Waals surface area (Å²) in [7, 11) is 0. The van der Waals surface area contributed by atoms with E-state index in [0.29, 0.717) is 0 Å². The van der Waals surface area contributed by atoms with Crippen molar-refractivity contribution in [1.29, 1.82) is 0 Å². The van der Waals surface area contributed by atoms with E-state index in [-0.39, 0.29) is 17.4 Å². The highest BCUT2D eigenvalue weighted by Crippen LogP contribution is 2.38.